The van der Waals surface area contributed by atoms with E-state index in [0.29, 0.717) is 32.7 Å². The number of ether oxygens (including phenoxy) is 3. The zero-order valence-corrected chi connectivity index (χ0v) is 26.4. The molecule has 1 atom stereocenters. The van der Waals surface area contributed by atoms with Crippen molar-refractivity contribution >= 4 is 11.6 Å². The summed E-state index contributed by atoms with van der Waals surface area (Å²) in [5.41, 5.74) is 3.54. The van der Waals surface area contributed by atoms with E-state index >= 15 is 0 Å². The molecule has 6 heteroatoms. The monoisotopic (exact) mass is 552 g/mol. The second kappa shape index (κ2) is 13.6. The molecule has 0 saturated carbocycles. The Labute approximate surface area is 243 Å². The van der Waals surface area contributed by atoms with E-state index < -0.39 is 6.10 Å². The minimum Gasteiger partial charge on any atom is -0.494 e. The van der Waals surface area contributed by atoms with E-state index in [9.17, 15) is 4.79 Å². The number of carbonyl (C=O) groups is 1. The quantitative estimate of drug-likeness (QED) is 0.260. The van der Waals surface area contributed by atoms with Gasteiger partial charge < -0.3 is 24.0 Å². The summed E-state index contributed by atoms with van der Waals surface area (Å²) in [5.74, 6) is 2.57. The summed E-state index contributed by atoms with van der Waals surface area (Å²) in [6.07, 6.45) is 2.16. The average Bonchev–Trinajstić information content (AvgIpc) is 2.96. The molecule has 1 heterocycles. The van der Waals surface area contributed by atoms with E-state index in [2.05, 4.69) is 64.6 Å². The molecular weight excluding hydrogens is 500 g/mol. The summed E-state index contributed by atoms with van der Waals surface area (Å²) in [7, 11) is 0. The van der Waals surface area contributed by atoms with Gasteiger partial charge in [0.15, 0.2) is 6.10 Å². The molecule has 0 aliphatic carbocycles. The van der Waals surface area contributed by atoms with E-state index in [4.69, 9.17) is 14.2 Å². The molecule has 2 aromatic rings. The van der Waals surface area contributed by atoms with Gasteiger partial charge in [-0.25, -0.2) is 0 Å². The molecule has 0 N–H and O–H groups in total. The van der Waals surface area contributed by atoms with Crippen LogP contribution < -0.4 is 19.1 Å². The fraction of sp³-hybridized carbons (Fsp3) is 0.618. The second-order valence-corrected chi connectivity index (χ2v) is 12.0. The number of hydrogen-bond acceptors (Lipinski definition) is 5. The summed E-state index contributed by atoms with van der Waals surface area (Å²) in [6.45, 7) is 23.5. The third-order valence-corrected chi connectivity index (χ3v) is 8.65. The van der Waals surface area contributed by atoms with Crippen molar-refractivity contribution in [1.29, 1.82) is 0 Å². The highest BCUT2D eigenvalue weighted by atomic mass is 16.5. The van der Waals surface area contributed by atoms with E-state index in [1.54, 1.807) is 0 Å². The van der Waals surface area contributed by atoms with Crippen molar-refractivity contribution in [3.8, 4) is 17.2 Å². The molecule has 1 fully saturated rings. The van der Waals surface area contributed by atoms with Crippen molar-refractivity contribution in [2.24, 2.45) is 0 Å². The van der Waals surface area contributed by atoms with Gasteiger partial charge in [0, 0.05) is 37.8 Å². The lowest BCUT2D eigenvalue weighted by Gasteiger charge is -2.38. The molecule has 1 aliphatic rings. The molecule has 2 aromatic carbocycles. The maximum atomic E-state index is 13.7. The number of piperazine rings is 1. The Hall–Kier alpha value is -2.89. The summed E-state index contributed by atoms with van der Waals surface area (Å²) in [5, 5.41) is 0. The summed E-state index contributed by atoms with van der Waals surface area (Å²) in [6, 6.07) is 12.6. The maximum absolute atomic E-state index is 13.7. The van der Waals surface area contributed by atoms with E-state index in [1.807, 2.05) is 43.9 Å². The number of benzene rings is 2. The topological polar surface area (TPSA) is 51.2 Å². The smallest absolute Gasteiger partial charge is 0.263 e. The van der Waals surface area contributed by atoms with E-state index in [0.717, 1.165) is 48.9 Å². The first-order valence-electron chi connectivity index (χ1n) is 15.3. The van der Waals surface area contributed by atoms with Gasteiger partial charge in [0.2, 0.25) is 0 Å². The molecule has 1 aliphatic heterocycles. The van der Waals surface area contributed by atoms with Crippen LogP contribution in [-0.2, 0) is 15.6 Å². The van der Waals surface area contributed by atoms with Gasteiger partial charge in [-0.2, -0.15) is 0 Å². The highest BCUT2D eigenvalue weighted by molar-refractivity contribution is 5.81. The van der Waals surface area contributed by atoms with Crippen LogP contribution in [0, 0.1) is 0 Å². The van der Waals surface area contributed by atoms with Crippen molar-refractivity contribution in [1.82, 2.24) is 4.90 Å². The van der Waals surface area contributed by atoms with Crippen LogP contribution in [0.15, 0.2) is 36.4 Å². The van der Waals surface area contributed by atoms with E-state index in [-0.39, 0.29) is 16.7 Å². The molecule has 0 radical (unpaired) electrons. The zero-order valence-electron chi connectivity index (χ0n) is 26.4. The molecule has 0 bridgehead atoms. The van der Waals surface area contributed by atoms with Crippen molar-refractivity contribution < 1.29 is 19.0 Å². The number of rotatable bonds is 13. The summed E-state index contributed by atoms with van der Waals surface area (Å²) in [4.78, 5) is 18.0. The van der Waals surface area contributed by atoms with Crippen LogP contribution in [0.3, 0.4) is 0 Å². The first kappa shape index (κ1) is 31.6. The Balaban J connectivity index is 1.77. The molecule has 6 nitrogen and oxygen atoms in total. The fourth-order valence-corrected chi connectivity index (χ4v) is 5.09. The highest BCUT2D eigenvalue weighted by Gasteiger charge is 2.32. The first-order chi connectivity index (χ1) is 19.0. The molecule has 3 rings (SSSR count). The Morgan fingerprint density at radius 3 is 2.00 bits per heavy atom. The molecule has 0 aromatic heterocycles. The van der Waals surface area contributed by atoms with Crippen molar-refractivity contribution in [3.05, 3.63) is 47.5 Å². The van der Waals surface area contributed by atoms with Gasteiger partial charge in [-0.05, 0) is 67.7 Å². The van der Waals surface area contributed by atoms with Crippen LogP contribution in [0.1, 0.15) is 92.7 Å². The van der Waals surface area contributed by atoms with Crippen LogP contribution in [0.4, 0.5) is 5.69 Å². The molecule has 40 heavy (non-hydrogen) atoms. The van der Waals surface area contributed by atoms with Gasteiger partial charge in [-0.1, -0.05) is 60.6 Å². The van der Waals surface area contributed by atoms with Crippen LogP contribution in [-0.4, -0.2) is 56.3 Å². The molecule has 1 amide bonds. The predicted octanol–water partition coefficient (Wildman–Crippen LogP) is 7.37. The molecule has 1 unspecified atom stereocenters. The SMILES string of the molecule is CCOc1ccc(OCC)c(N2CCN(C(=O)C(CC)Oc3ccc(C(C)(C)CC)cc3C(C)(C)CC)CC2)c1. The van der Waals surface area contributed by atoms with E-state index in [1.165, 1.54) is 11.1 Å². The third kappa shape index (κ3) is 7.24. The molecular formula is C34H52N2O4. The lowest BCUT2D eigenvalue weighted by Crippen LogP contribution is -2.52. The van der Waals surface area contributed by atoms with Gasteiger partial charge in [0.05, 0.1) is 18.9 Å². The number of nitrogens with zero attached hydrogens (tertiary/aromatic N) is 2. The molecule has 0 spiro atoms. The van der Waals surface area contributed by atoms with Crippen molar-refractivity contribution in [2.75, 3.05) is 44.3 Å². The maximum Gasteiger partial charge on any atom is 0.263 e. The average molecular weight is 553 g/mol. The summed E-state index contributed by atoms with van der Waals surface area (Å²) >= 11 is 0. The lowest BCUT2D eigenvalue weighted by atomic mass is 9.76. The molecule has 1 saturated heterocycles. The first-order valence-corrected chi connectivity index (χ1v) is 15.3. The van der Waals surface area contributed by atoms with Crippen LogP contribution in [0.25, 0.3) is 0 Å². The zero-order chi connectivity index (χ0) is 29.5. The number of hydrogen-bond donors (Lipinski definition) is 0. The predicted molar refractivity (Wildman–Crippen MR) is 165 cm³/mol. The largest absolute Gasteiger partial charge is 0.494 e. The minimum absolute atomic E-state index is 0.0591. The van der Waals surface area contributed by atoms with Gasteiger partial charge in [-0.15, -0.1) is 0 Å². The lowest BCUT2D eigenvalue weighted by molar-refractivity contribution is -0.139. The minimum atomic E-state index is -0.511. The third-order valence-electron chi connectivity index (χ3n) is 8.65. The molecule has 222 valence electrons. The Morgan fingerprint density at radius 2 is 1.43 bits per heavy atom. The summed E-state index contributed by atoms with van der Waals surface area (Å²) < 4.78 is 18.2. The number of carbonyl (C=O) groups excluding carboxylic acids is 1. The Morgan fingerprint density at radius 1 is 0.800 bits per heavy atom. The van der Waals surface area contributed by atoms with Crippen LogP contribution >= 0.6 is 0 Å². The van der Waals surface area contributed by atoms with Crippen LogP contribution in [0.5, 0.6) is 17.2 Å². The van der Waals surface area contributed by atoms with Gasteiger partial charge in [-0.3, -0.25) is 4.79 Å². The highest BCUT2D eigenvalue weighted by Crippen LogP contribution is 2.39. The Bertz CT molecular complexity index is 1120. The van der Waals surface area contributed by atoms with Crippen LogP contribution in [0.2, 0.25) is 0 Å². The second-order valence-electron chi connectivity index (χ2n) is 12.0. The number of anilines is 1. The van der Waals surface area contributed by atoms with Gasteiger partial charge in [0.1, 0.15) is 17.2 Å². The van der Waals surface area contributed by atoms with Crippen molar-refractivity contribution in [2.45, 2.75) is 98.5 Å². The Kier molecular flexibility index (Phi) is 10.8. The standard InChI is InChI=1S/C34H52N2O4/c1-10-29(40-30-17-15-25(33(6,7)11-2)23-27(30)34(8,9)12-3)32(37)36-21-19-35(20-22-36)28-24-26(38-13-4)16-18-31(28)39-14-5/h15-18,23-24,29H,10-14,19-22H2,1-9H3. The van der Waals surface area contributed by atoms with Crippen molar-refractivity contribution in [3.63, 3.8) is 0 Å². The fourth-order valence-electron chi connectivity index (χ4n) is 5.09. The van der Waals surface area contributed by atoms with Gasteiger partial charge >= 0.3 is 0 Å². The number of amides is 1. The normalized spacial score (nSPS) is 15.1. The van der Waals surface area contributed by atoms with Gasteiger partial charge in [0.25, 0.3) is 5.91 Å².